The van der Waals surface area contributed by atoms with Gasteiger partial charge in [0.05, 0.1) is 3.57 Å². The molecule has 20 heavy (non-hydrogen) atoms. The predicted octanol–water partition coefficient (Wildman–Crippen LogP) is 5.04. The number of halogens is 1. The molecule has 0 amide bonds. The number of fused-ring (bicyclic) bond motifs is 1. The standard InChI is InChI=1S/C16H20INO2/c1-2-3-4-5-6-11-14(19)20-16-15(17)12-9-7-8-10-13(12)18-16/h7-10,18H,2-6,11H2,1H3. The fraction of sp³-hybridized carbons (Fsp3) is 0.438. The zero-order valence-corrected chi connectivity index (χ0v) is 13.9. The molecular formula is C16H20INO2. The fourth-order valence-corrected chi connectivity index (χ4v) is 2.91. The van der Waals surface area contributed by atoms with Gasteiger partial charge in [0.25, 0.3) is 0 Å². The summed E-state index contributed by atoms with van der Waals surface area (Å²) < 4.78 is 6.40. The highest BCUT2D eigenvalue weighted by molar-refractivity contribution is 14.1. The van der Waals surface area contributed by atoms with Crippen LogP contribution < -0.4 is 4.74 Å². The summed E-state index contributed by atoms with van der Waals surface area (Å²) in [4.78, 5) is 15.0. The number of rotatable bonds is 7. The molecule has 0 bridgehead atoms. The van der Waals surface area contributed by atoms with Crippen molar-refractivity contribution in [3.05, 3.63) is 27.8 Å². The first-order valence-corrected chi connectivity index (χ1v) is 8.27. The quantitative estimate of drug-likeness (QED) is 0.412. The van der Waals surface area contributed by atoms with Crippen LogP contribution in [0.2, 0.25) is 0 Å². The van der Waals surface area contributed by atoms with Crippen LogP contribution in [0.15, 0.2) is 24.3 Å². The second-order valence-electron chi connectivity index (χ2n) is 4.95. The molecule has 2 aromatic rings. The van der Waals surface area contributed by atoms with Crippen LogP contribution in [-0.2, 0) is 4.79 Å². The third-order valence-corrected chi connectivity index (χ3v) is 4.38. The van der Waals surface area contributed by atoms with Gasteiger partial charge < -0.3 is 9.72 Å². The van der Waals surface area contributed by atoms with E-state index in [0.29, 0.717) is 12.3 Å². The Kier molecular flexibility index (Phi) is 5.88. The van der Waals surface area contributed by atoms with Crippen molar-refractivity contribution in [2.75, 3.05) is 0 Å². The van der Waals surface area contributed by atoms with Crippen LogP contribution in [0.5, 0.6) is 5.88 Å². The van der Waals surface area contributed by atoms with Gasteiger partial charge in [0.15, 0.2) is 0 Å². The van der Waals surface area contributed by atoms with Gasteiger partial charge in [-0.2, -0.15) is 0 Å². The van der Waals surface area contributed by atoms with E-state index < -0.39 is 0 Å². The predicted molar refractivity (Wildman–Crippen MR) is 90.0 cm³/mol. The number of aromatic nitrogens is 1. The van der Waals surface area contributed by atoms with Gasteiger partial charge in [-0.15, -0.1) is 0 Å². The SMILES string of the molecule is CCCCCCCC(=O)Oc1[nH]c2ccccc2c1I. The molecule has 1 aromatic heterocycles. The summed E-state index contributed by atoms with van der Waals surface area (Å²) in [6, 6.07) is 7.96. The lowest BCUT2D eigenvalue weighted by Gasteiger charge is -2.02. The van der Waals surface area contributed by atoms with Crippen LogP contribution in [0.3, 0.4) is 0 Å². The molecule has 0 saturated heterocycles. The molecule has 0 aliphatic heterocycles. The van der Waals surface area contributed by atoms with Gasteiger partial charge in [-0.25, -0.2) is 0 Å². The number of esters is 1. The van der Waals surface area contributed by atoms with Gasteiger partial charge in [-0.1, -0.05) is 50.8 Å². The normalized spacial score (nSPS) is 10.9. The van der Waals surface area contributed by atoms with Crippen molar-refractivity contribution in [3.63, 3.8) is 0 Å². The van der Waals surface area contributed by atoms with Crippen molar-refractivity contribution in [2.45, 2.75) is 45.4 Å². The third kappa shape index (κ3) is 3.98. The molecule has 2 rings (SSSR count). The van der Waals surface area contributed by atoms with E-state index in [1.54, 1.807) is 0 Å². The number of carbonyl (C=O) groups excluding carboxylic acids is 1. The minimum atomic E-state index is -0.147. The number of nitrogens with one attached hydrogen (secondary N) is 1. The molecule has 0 aliphatic rings. The number of benzene rings is 1. The average molecular weight is 385 g/mol. The molecule has 0 aliphatic carbocycles. The number of carbonyl (C=O) groups is 1. The first-order valence-electron chi connectivity index (χ1n) is 7.19. The highest BCUT2D eigenvalue weighted by atomic mass is 127. The van der Waals surface area contributed by atoms with Crippen molar-refractivity contribution < 1.29 is 9.53 Å². The molecule has 0 radical (unpaired) electrons. The van der Waals surface area contributed by atoms with Gasteiger partial charge in [0, 0.05) is 17.3 Å². The summed E-state index contributed by atoms with van der Waals surface area (Å²) in [5, 5.41) is 1.10. The van der Waals surface area contributed by atoms with E-state index >= 15 is 0 Å². The van der Waals surface area contributed by atoms with Crippen LogP contribution in [0.4, 0.5) is 0 Å². The Bertz CT molecular complexity index is 577. The molecule has 4 heteroatoms. The lowest BCUT2D eigenvalue weighted by molar-refractivity contribution is -0.134. The second kappa shape index (κ2) is 7.67. The molecule has 1 heterocycles. The summed E-state index contributed by atoms with van der Waals surface area (Å²) in [5.74, 6) is 0.427. The highest BCUT2D eigenvalue weighted by Crippen LogP contribution is 2.29. The molecule has 0 fully saturated rings. The summed E-state index contributed by atoms with van der Waals surface area (Å²) in [5.41, 5.74) is 1.00. The third-order valence-electron chi connectivity index (χ3n) is 3.31. The Morgan fingerprint density at radius 2 is 1.95 bits per heavy atom. The molecule has 3 nitrogen and oxygen atoms in total. The van der Waals surface area contributed by atoms with E-state index in [2.05, 4.69) is 34.5 Å². The molecule has 0 saturated carbocycles. The van der Waals surface area contributed by atoms with Crippen molar-refractivity contribution in [3.8, 4) is 5.88 Å². The number of para-hydroxylation sites is 1. The Morgan fingerprint density at radius 1 is 1.20 bits per heavy atom. The molecule has 1 aromatic carbocycles. The van der Waals surface area contributed by atoms with E-state index in [-0.39, 0.29) is 5.97 Å². The molecule has 0 spiro atoms. The van der Waals surface area contributed by atoms with Crippen LogP contribution in [0.25, 0.3) is 10.9 Å². The van der Waals surface area contributed by atoms with E-state index in [0.717, 1.165) is 27.3 Å². The summed E-state index contributed by atoms with van der Waals surface area (Å²) >= 11 is 2.21. The van der Waals surface area contributed by atoms with Crippen molar-refractivity contribution in [1.29, 1.82) is 0 Å². The first kappa shape index (κ1) is 15.4. The summed E-state index contributed by atoms with van der Waals surface area (Å²) in [6.45, 7) is 2.19. The molecular weight excluding hydrogens is 365 g/mol. The van der Waals surface area contributed by atoms with E-state index in [9.17, 15) is 4.79 Å². The zero-order valence-electron chi connectivity index (χ0n) is 11.7. The van der Waals surface area contributed by atoms with Crippen LogP contribution in [-0.4, -0.2) is 11.0 Å². The number of unbranched alkanes of at least 4 members (excludes halogenated alkanes) is 4. The summed E-state index contributed by atoms with van der Waals surface area (Å²) in [6.07, 6.45) is 6.18. The topological polar surface area (TPSA) is 42.1 Å². The molecule has 0 unspecified atom stereocenters. The Balaban J connectivity index is 1.88. The van der Waals surface area contributed by atoms with Gasteiger partial charge in [0.1, 0.15) is 0 Å². The molecule has 1 N–H and O–H groups in total. The monoisotopic (exact) mass is 385 g/mol. The largest absolute Gasteiger partial charge is 0.408 e. The number of ether oxygens (including phenoxy) is 1. The fourth-order valence-electron chi connectivity index (χ4n) is 2.19. The average Bonchev–Trinajstić information content (AvgIpc) is 2.76. The Morgan fingerprint density at radius 3 is 2.70 bits per heavy atom. The Hall–Kier alpha value is -1.04. The van der Waals surface area contributed by atoms with Crippen molar-refractivity contribution in [1.82, 2.24) is 4.98 Å². The van der Waals surface area contributed by atoms with Crippen LogP contribution in [0, 0.1) is 3.57 Å². The molecule has 108 valence electrons. The summed E-state index contributed by atoms with van der Waals surface area (Å²) in [7, 11) is 0. The van der Waals surface area contributed by atoms with Gasteiger partial charge in [0.2, 0.25) is 5.88 Å². The molecule has 0 atom stereocenters. The number of aromatic amines is 1. The van der Waals surface area contributed by atoms with E-state index in [4.69, 9.17) is 4.74 Å². The minimum Gasteiger partial charge on any atom is -0.408 e. The lowest BCUT2D eigenvalue weighted by Crippen LogP contribution is -2.08. The van der Waals surface area contributed by atoms with E-state index in [1.807, 2.05) is 24.3 Å². The van der Waals surface area contributed by atoms with Crippen molar-refractivity contribution in [2.24, 2.45) is 0 Å². The van der Waals surface area contributed by atoms with E-state index in [1.165, 1.54) is 19.3 Å². The lowest BCUT2D eigenvalue weighted by atomic mass is 10.1. The maximum absolute atomic E-state index is 11.8. The number of hydrogen-bond donors (Lipinski definition) is 1. The maximum atomic E-state index is 11.8. The number of hydrogen-bond acceptors (Lipinski definition) is 2. The van der Waals surface area contributed by atoms with Crippen LogP contribution >= 0.6 is 22.6 Å². The van der Waals surface area contributed by atoms with Crippen LogP contribution in [0.1, 0.15) is 45.4 Å². The maximum Gasteiger partial charge on any atom is 0.312 e. The second-order valence-corrected chi connectivity index (χ2v) is 6.03. The minimum absolute atomic E-state index is 0.147. The zero-order chi connectivity index (χ0) is 14.4. The smallest absolute Gasteiger partial charge is 0.312 e. The van der Waals surface area contributed by atoms with Gasteiger partial charge in [-0.3, -0.25) is 4.79 Å². The first-order chi connectivity index (χ1) is 9.72. The van der Waals surface area contributed by atoms with Gasteiger partial charge in [-0.05, 0) is 35.1 Å². The highest BCUT2D eigenvalue weighted by Gasteiger charge is 2.13. The Labute approximate surface area is 133 Å². The van der Waals surface area contributed by atoms with Gasteiger partial charge >= 0.3 is 5.97 Å². The van der Waals surface area contributed by atoms with Crippen molar-refractivity contribution >= 4 is 39.5 Å². The number of H-pyrrole nitrogens is 1.